The second-order valence-electron chi connectivity index (χ2n) is 6.22. The molecule has 0 aliphatic carbocycles. The van der Waals surface area contributed by atoms with Gasteiger partial charge in [0.2, 0.25) is 5.69 Å². The van der Waals surface area contributed by atoms with Gasteiger partial charge < -0.3 is 20.1 Å². The summed E-state index contributed by atoms with van der Waals surface area (Å²) >= 11 is 6.31. The maximum absolute atomic E-state index is 12.5. The lowest BCUT2D eigenvalue weighted by atomic mass is 10.2. The first-order chi connectivity index (χ1) is 14.1. The van der Waals surface area contributed by atoms with E-state index >= 15 is 0 Å². The maximum Gasteiger partial charge on any atom is 0.325 e. The summed E-state index contributed by atoms with van der Waals surface area (Å²) in [5.74, 6) is 0.762. The van der Waals surface area contributed by atoms with Crippen LogP contribution in [0.3, 0.4) is 0 Å². The number of aromatic nitrogens is 2. The fraction of sp³-hybridized carbons (Fsp3) is 0.368. The second kappa shape index (κ2) is 9.80. The predicted octanol–water partition coefficient (Wildman–Crippen LogP) is 4.02. The number of fused-ring (bicyclic) bond motifs is 3. The van der Waals surface area contributed by atoms with Gasteiger partial charge in [-0.25, -0.2) is 9.78 Å². The molecule has 10 heteroatoms. The number of nitrogens with one attached hydrogen (secondary N) is 3. The van der Waals surface area contributed by atoms with Gasteiger partial charge in [-0.05, 0) is 32.3 Å². The normalized spacial score (nSPS) is 14.4. The van der Waals surface area contributed by atoms with E-state index in [1.54, 1.807) is 12.1 Å². The molecule has 2 aromatic rings. The van der Waals surface area contributed by atoms with E-state index in [-0.39, 0.29) is 17.4 Å². The van der Waals surface area contributed by atoms with E-state index in [0.717, 1.165) is 24.9 Å². The molecule has 2 heterocycles. The van der Waals surface area contributed by atoms with Crippen molar-refractivity contribution in [2.75, 3.05) is 35.7 Å². The molecule has 1 aromatic carbocycles. The number of hydrogen-bond acceptors (Lipinski definition) is 7. The van der Waals surface area contributed by atoms with Crippen LogP contribution in [0.1, 0.15) is 31.9 Å². The summed E-state index contributed by atoms with van der Waals surface area (Å²) in [6.45, 7) is 3.52. The first-order valence-corrected chi connectivity index (χ1v) is 9.66. The van der Waals surface area contributed by atoms with Gasteiger partial charge in [0.1, 0.15) is 11.8 Å². The number of carbonyl (C=O) groups excluding carboxylic acids is 1. The quantitative estimate of drug-likeness (QED) is 0.675. The smallest absolute Gasteiger partial charge is 0.325 e. The number of benzene rings is 1. The highest BCUT2D eigenvalue weighted by Crippen LogP contribution is 2.35. The van der Waals surface area contributed by atoms with E-state index in [1.165, 1.54) is 6.20 Å². The van der Waals surface area contributed by atoms with Crippen molar-refractivity contribution < 1.29 is 14.3 Å². The molecule has 2 amide bonds. The lowest BCUT2D eigenvalue weighted by molar-refractivity contribution is 0.261. The van der Waals surface area contributed by atoms with E-state index in [4.69, 9.17) is 26.3 Å². The van der Waals surface area contributed by atoms with E-state index in [9.17, 15) is 4.79 Å². The second-order valence-corrected chi connectivity index (χ2v) is 6.62. The number of anilines is 3. The van der Waals surface area contributed by atoms with Gasteiger partial charge in [0.05, 0.1) is 35.8 Å². The first-order valence-electron chi connectivity index (χ1n) is 9.29. The molecule has 2 bridgehead atoms. The van der Waals surface area contributed by atoms with Gasteiger partial charge in [0, 0.05) is 12.6 Å². The van der Waals surface area contributed by atoms with Crippen LogP contribution >= 0.6 is 11.6 Å². The van der Waals surface area contributed by atoms with Crippen molar-refractivity contribution in [3.63, 3.8) is 0 Å². The molecule has 0 saturated heterocycles. The number of hydrogen-bond donors (Lipinski definition) is 3. The SMILES string of the molecule is CCNc1cc2c(cc1Cl)NC(=O)Nc1cnc(C#N)c(n1)OCCCCCO2. The molecule has 9 nitrogen and oxygen atoms in total. The fourth-order valence-corrected chi connectivity index (χ4v) is 2.94. The number of urea groups is 1. The molecule has 0 fully saturated rings. The molecule has 29 heavy (non-hydrogen) atoms. The van der Waals surface area contributed by atoms with Crippen molar-refractivity contribution >= 4 is 34.8 Å². The molecular formula is C19H21ClN6O3. The Bertz CT molecular complexity index is 931. The van der Waals surface area contributed by atoms with Crippen LogP contribution in [-0.2, 0) is 0 Å². The lowest BCUT2D eigenvalue weighted by Gasteiger charge is -2.16. The Kier molecular flexibility index (Phi) is 6.92. The van der Waals surface area contributed by atoms with Crippen LogP contribution < -0.4 is 25.4 Å². The summed E-state index contributed by atoms with van der Waals surface area (Å²) in [5, 5.41) is 18.1. The monoisotopic (exact) mass is 416 g/mol. The number of ether oxygens (including phenoxy) is 2. The number of rotatable bonds is 2. The lowest BCUT2D eigenvalue weighted by Crippen LogP contribution is -2.21. The zero-order chi connectivity index (χ0) is 20.6. The largest absolute Gasteiger partial charge is 0.491 e. The summed E-state index contributed by atoms with van der Waals surface area (Å²) in [7, 11) is 0. The van der Waals surface area contributed by atoms with Gasteiger partial charge in [-0.15, -0.1) is 0 Å². The third-order valence-corrected chi connectivity index (χ3v) is 4.37. The Labute approximate surface area is 173 Å². The Morgan fingerprint density at radius 2 is 2.03 bits per heavy atom. The Balaban J connectivity index is 1.89. The molecule has 152 valence electrons. The Morgan fingerprint density at radius 1 is 1.24 bits per heavy atom. The van der Waals surface area contributed by atoms with Gasteiger partial charge >= 0.3 is 6.03 Å². The third kappa shape index (κ3) is 5.39. The van der Waals surface area contributed by atoms with Gasteiger partial charge in [-0.1, -0.05) is 11.6 Å². The Hall–Kier alpha value is -3.25. The third-order valence-electron chi connectivity index (χ3n) is 4.06. The summed E-state index contributed by atoms with van der Waals surface area (Å²) < 4.78 is 11.4. The highest BCUT2D eigenvalue weighted by molar-refractivity contribution is 6.33. The molecule has 1 aliphatic rings. The average molecular weight is 417 g/mol. The van der Waals surface area contributed by atoms with Crippen molar-refractivity contribution in [2.24, 2.45) is 0 Å². The van der Waals surface area contributed by atoms with Crippen LogP contribution in [0.2, 0.25) is 5.02 Å². The molecule has 1 aliphatic heterocycles. The van der Waals surface area contributed by atoms with Crippen molar-refractivity contribution in [1.82, 2.24) is 9.97 Å². The fourth-order valence-electron chi connectivity index (χ4n) is 2.71. The number of amides is 2. The predicted molar refractivity (Wildman–Crippen MR) is 110 cm³/mol. The van der Waals surface area contributed by atoms with Crippen LogP contribution in [0, 0.1) is 11.3 Å². The van der Waals surface area contributed by atoms with Crippen LogP contribution in [0.4, 0.5) is 22.0 Å². The molecule has 0 spiro atoms. The van der Waals surface area contributed by atoms with Crippen molar-refractivity contribution in [3.8, 4) is 17.7 Å². The minimum absolute atomic E-state index is 0.0664. The molecule has 3 N–H and O–H groups in total. The first kappa shape index (κ1) is 20.5. The molecular weight excluding hydrogens is 396 g/mol. The number of carbonyl (C=O) groups is 1. The highest BCUT2D eigenvalue weighted by atomic mass is 35.5. The number of nitriles is 1. The molecule has 0 saturated carbocycles. The summed E-state index contributed by atoms with van der Waals surface area (Å²) in [4.78, 5) is 20.6. The maximum atomic E-state index is 12.5. The molecule has 0 unspecified atom stereocenters. The summed E-state index contributed by atoms with van der Waals surface area (Å²) in [6.07, 6.45) is 3.72. The molecule has 0 atom stereocenters. The van der Waals surface area contributed by atoms with Crippen molar-refractivity contribution in [1.29, 1.82) is 5.26 Å². The zero-order valence-electron chi connectivity index (χ0n) is 15.9. The van der Waals surface area contributed by atoms with Crippen LogP contribution in [0.5, 0.6) is 11.6 Å². The number of halogens is 1. The van der Waals surface area contributed by atoms with Gasteiger partial charge in [-0.2, -0.15) is 10.2 Å². The topological polar surface area (TPSA) is 121 Å². The minimum Gasteiger partial charge on any atom is -0.491 e. The number of nitrogens with zero attached hydrogens (tertiary/aromatic N) is 3. The van der Waals surface area contributed by atoms with E-state index in [0.29, 0.717) is 36.2 Å². The van der Waals surface area contributed by atoms with E-state index in [2.05, 4.69) is 25.9 Å². The summed E-state index contributed by atoms with van der Waals surface area (Å²) in [5.41, 5.74) is 1.22. The van der Waals surface area contributed by atoms with Crippen molar-refractivity contribution in [2.45, 2.75) is 26.2 Å². The van der Waals surface area contributed by atoms with Gasteiger partial charge in [0.15, 0.2) is 5.82 Å². The van der Waals surface area contributed by atoms with Crippen LogP contribution in [0.25, 0.3) is 0 Å². The Morgan fingerprint density at radius 3 is 2.79 bits per heavy atom. The highest BCUT2D eigenvalue weighted by Gasteiger charge is 2.15. The van der Waals surface area contributed by atoms with Crippen LogP contribution in [-0.4, -0.2) is 35.8 Å². The van der Waals surface area contributed by atoms with E-state index in [1.807, 2.05) is 13.0 Å². The van der Waals surface area contributed by atoms with Gasteiger partial charge in [0.25, 0.3) is 5.88 Å². The van der Waals surface area contributed by atoms with Gasteiger partial charge in [-0.3, -0.25) is 5.32 Å². The molecule has 3 rings (SSSR count). The van der Waals surface area contributed by atoms with E-state index < -0.39 is 6.03 Å². The molecule has 1 aromatic heterocycles. The standard InChI is InChI=1S/C19H21ClN6O3/c1-2-22-13-9-16-14(8-12(13)20)24-19(27)26-17-11-23-15(10-21)18(25-17)29-7-5-3-4-6-28-16/h8-9,11,22H,2-7H2,1H3,(H2,24,25,26,27). The average Bonchev–Trinajstić information content (AvgIpc) is 2.70. The minimum atomic E-state index is -0.554. The molecule has 0 radical (unpaired) electrons. The summed E-state index contributed by atoms with van der Waals surface area (Å²) in [6, 6.07) is 4.77. The zero-order valence-corrected chi connectivity index (χ0v) is 16.7. The van der Waals surface area contributed by atoms with Crippen LogP contribution in [0.15, 0.2) is 18.3 Å². The van der Waals surface area contributed by atoms with Crippen molar-refractivity contribution in [3.05, 3.63) is 29.0 Å².